The summed E-state index contributed by atoms with van der Waals surface area (Å²) in [6, 6.07) is 3.86. The summed E-state index contributed by atoms with van der Waals surface area (Å²) < 4.78 is 20.2. The number of benzene rings is 1. The van der Waals surface area contributed by atoms with E-state index in [9.17, 15) is 9.18 Å². The molecule has 1 aromatic carbocycles. The number of ether oxygens (including phenoxy) is 1. The van der Waals surface area contributed by atoms with Crippen LogP contribution in [0.15, 0.2) is 36.3 Å². The molecule has 3 rings (SSSR count). The van der Waals surface area contributed by atoms with Gasteiger partial charge in [0.05, 0.1) is 7.11 Å². The van der Waals surface area contributed by atoms with Gasteiger partial charge in [-0.05, 0) is 23.8 Å². The highest BCUT2D eigenvalue weighted by Gasteiger charge is 2.26. The molecule has 2 aromatic rings. The Labute approximate surface area is 118 Å². The van der Waals surface area contributed by atoms with Crippen LogP contribution < -0.4 is 10.1 Å². The molecule has 2 N–H and O–H groups in total. The van der Waals surface area contributed by atoms with Crippen molar-refractivity contribution in [2.75, 3.05) is 12.4 Å². The maximum absolute atomic E-state index is 13.8. The predicted molar refractivity (Wildman–Crippen MR) is 70.5 cm³/mol. The molecule has 0 spiro atoms. The van der Waals surface area contributed by atoms with Crippen molar-refractivity contribution in [3.8, 4) is 5.75 Å². The van der Waals surface area contributed by atoms with E-state index >= 15 is 0 Å². The van der Waals surface area contributed by atoms with E-state index < -0.39 is 17.8 Å². The zero-order valence-electron chi connectivity index (χ0n) is 10.9. The number of nitrogens with zero attached hydrogens (tertiary/aromatic N) is 3. The van der Waals surface area contributed by atoms with Crippen LogP contribution in [0.2, 0.25) is 0 Å². The van der Waals surface area contributed by atoms with Crippen molar-refractivity contribution in [1.29, 1.82) is 0 Å². The Hall–Kier alpha value is -2.90. The van der Waals surface area contributed by atoms with Crippen LogP contribution in [0.4, 0.5) is 10.3 Å². The molecule has 1 aromatic heterocycles. The quantitative estimate of drug-likeness (QED) is 0.888. The van der Waals surface area contributed by atoms with E-state index in [1.807, 2.05) is 0 Å². The molecule has 0 fully saturated rings. The maximum atomic E-state index is 13.8. The van der Waals surface area contributed by atoms with Crippen molar-refractivity contribution >= 4 is 11.9 Å². The first-order valence-electron chi connectivity index (χ1n) is 6.05. The van der Waals surface area contributed by atoms with Gasteiger partial charge in [-0.3, -0.25) is 0 Å². The minimum Gasteiger partial charge on any atom is -0.494 e. The first-order chi connectivity index (χ1) is 10.1. The Morgan fingerprint density at radius 3 is 3.00 bits per heavy atom. The molecule has 0 bridgehead atoms. The smallest absolute Gasteiger partial charge is 0.352 e. The number of allylic oxidation sites excluding steroid dienone is 1. The van der Waals surface area contributed by atoms with Crippen molar-refractivity contribution in [1.82, 2.24) is 14.8 Å². The number of hydrogen-bond acceptors (Lipinski definition) is 5. The molecule has 8 heteroatoms. The monoisotopic (exact) mass is 290 g/mol. The van der Waals surface area contributed by atoms with Crippen molar-refractivity contribution < 1.29 is 19.0 Å². The van der Waals surface area contributed by atoms with Crippen LogP contribution in [0.5, 0.6) is 5.75 Å². The molecule has 2 heterocycles. The topological polar surface area (TPSA) is 89.3 Å². The Bertz CT molecular complexity index is 741. The van der Waals surface area contributed by atoms with E-state index in [-0.39, 0.29) is 17.4 Å². The van der Waals surface area contributed by atoms with Gasteiger partial charge in [-0.25, -0.2) is 13.9 Å². The molecular weight excluding hydrogens is 279 g/mol. The number of rotatable bonds is 3. The number of anilines is 1. The number of carboxylic acid groups (broad SMARTS) is 1. The lowest BCUT2D eigenvalue weighted by atomic mass is 10.0. The van der Waals surface area contributed by atoms with E-state index in [0.29, 0.717) is 5.56 Å². The van der Waals surface area contributed by atoms with Gasteiger partial charge in [0.2, 0.25) is 5.95 Å². The molecule has 1 aliphatic heterocycles. The zero-order valence-corrected chi connectivity index (χ0v) is 10.9. The fraction of sp³-hybridized carbons (Fsp3) is 0.154. The number of halogens is 1. The minimum absolute atomic E-state index is 0.0308. The number of carbonyl (C=O) groups is 1. The van der Waals surface area contributed by atoms with Crippen molar-refractivity contribution in [2.24, 2.45) is 0 Å². The highest BCUT2D eigenvalue weighted by atomic mass is 19.1. The van der Waals surface area contributed by atoms with Crippen LogP contribution in [0.3, 0.4) is 0 Å². The number of methoxy groups -OCH3 is 1. The average Bonchev–Trinajstić information content (AvgIpc) is 2.94. The van der Waals surface area contributed by atoms with Crippen LogP contribution >= 0.6 is 0 Å². The van der Waals surface area contributed by atoms with Gasteiger partial charge in [-0.1, -0.05) is 6.07 Å². The predicted octanol–water partition coefficient (Wildman–Crippen LogP) is 1.41. The summed E-state index contributed by atoms with van der Waals surface area (Å²) in [5, 5.41) is 15.8. The lowest BCUT2D eigenvalue weighted by molar-refractivity contribution is -0.132. The number of carboxylic acids is 1. The SMILES string of the molecule is COc1ccc(C2C=C(C(=O)O)Nc3ncnn32)cc1F. The molecule has 1 aliphatic rings. The fourth-order valence-corrected chi connectivity index (χ4v) is 2.16. The standard InChI is InChI=1S/C13H11FN4O3/c1-21-11-3-2-7(4-8(11)14)10-5-9(12(19)20)17-13-15-6-16-18(10)13/h2-6,10H,1H3,(H,19,20)(H,15,16,17). The summed E-state index contributed by atoms with van der Waals surface area (Å²) in [7, 11) is 1.38. The van der Waals surface area contributed by atoms with Crippen LogP contribution in [0.25, 0.3) is 0 Å². The molecule has 0 aliphatic carbocycles. The largest absolute Gasteiger partial charge is 0.494 e. The lowest BCUT2D eigenvalue weighted by Crippen LogP contribution is -2.24. The Kier molecular flexibility index (Phi) is 3.05. The second-order valence-corrected chi connectivity index (χ2v) is 4.38. The van der Waals surface area contributed by atoms with Gasteiger partial charge in [0, 0.05) is 0 Å². The second-order valence-electron chi connectivity index (χ2n) is 4.38. The minimum atomic E-state index is -1.12. The number of nitrogens with one attached hydrogen (secondary N) is 1. The summed E-state index contributed by atoms with van der Waals surface area (Å²) in [6.45, 7) is 0. The molecule has 0 saturated carbocycles. The van der Waals surface area contributed by atoms with Crippen molar-refractivity contribution in [3.05, 3.63) is 47.7 Å². The van der Waals surface area contributed by atoms with Gasteiger partial charge < -0.3 is 15.2 Å². The summed E-state index contributed by atoms with van der Waals surface area (Å²) in [6.07, 6.45) is 2.75. The fourth-order valence-electron chi connectivity index (χ4n) is 2.16. The van der Waals surface area contributed by atoms with Crippen LogP contribution in [0.1, 0.15) is 11.6 Å². The molecule has 108 valence electrons. The number of hydrogen-bond donors (Lipinski definition) is 2. The number of aromatic nitrogens is 3. The van der Waals surface area contributed by atoms with E-state index in [2.05, 4.69) is 15.4 Å². The van der Waals surface area contributed by atoms with Gasteiger partial charge in [-0.15, -0.1) is 0 Å². The molecule has 0 saturated heterocycles. The number of fused-ring (bicyclic) bond motifs is 1. The van der Waals surface area contributed by atoms with Crippen molar-refractivity contribution in [3.63, 3.8) is 0 Å². The first kappa shape index (κ1) is 13.1. The molecule has 21 heavy (non-hydrogen) atoms. The maximum Gasteiger partial charge on any atom is 0.352 e. The van der Waals surface area contributed by atoms with E-state index in [1.54, 1.807) is 6.07 Å². The van der Waals surface area contributed by atoms with Gasteiger partial charge >= 0.3 is 5.97 Å². The van der Waals surface area contributed by atoms with Crippen molar-refractivity contribution in [2.45, 2.75) is 6.04 Å². The summed E-state index contributed by atoms with van der Waals surface area (Å²) >= 11 is 0. The van der Waals surface area contributed by atoms with E-state index in [4.69, 9.17) is 9.84 Å². The first-order valence-corrected chi connectivity index (χ1v) is 6.05. The van der Waals surface area contributed by atoms with Gasteiger partial charge in [0.25, 0.3) is 0 Å². The van der Waals surface area contributed by atoms with Gasteiger partial charge in [-0.2, -0.15) is 10.1 Å². The molecule has 7 nitrogen and oxygen atoms in total. The summed E-state index contributed by atoms with van der Waals surface area (Å²) in [5.74, 6) is -1.24. The van der Waals surface area contributed by atoms with Crippen LogP contribution in [0, 0.1) is 5.82 Å². The zero-order chi connectivity index (χ0) is 15.0. The van der Waals surface area contributed by atoms with Crippen LogP contribution in [-0.4, -0.2) is 33.0 Å². The van der Waals surface area contributed by atoms with Crippen LogP contribution in [-0.2, 0) is 4.79 Å². The summed E-state index contributed by atoms with van der Waals surface area (Å²) in [4.78, 5) is 15.1. The third-order valence-corrected chi connectivity index (χ3v) is 3.16. The molecule has 0 radical (unpaired) electrons. The van der Waals surface area contributed by atoms with E-state index in [1.165, 1.54) is 36.3 Å². The molecular formula is C13H11FN4O3. The average molecular weight is 290 g/mol. The molecule has 1 unspecified atom stereocenters. The highest BCUT2D eigenvalue weighted by Crippen LogP contribution is 2.30. The van der Waals surface area contributed by atoms with Gasteiger partial charge in [0.15, 0.2) is 11.6 Å². The number of aliphatic carboxylic acids is 1. The molecule has 1 atom stereocenters. The third-order valence-electron chi connectivity index (χ3n) is 3.16. The van der Waals surface area contributed by atoms with Gasteiger partial charge in [0.1, 0.15) is 18.1 Å². The molecule has 0 amide bonds. The summed E-state index contributed by atoms with van der Waals surface area (Å²) in [5.41, 5.74) is 0.511. The Morgan fingerprint density at radius 2 is 2.33 bits per heavy atom. The Morgan fingerprint density at radius 1 is 1.52 bits per heavy atom. The second kappa shape index (κ2) is 4.89. The highest BCUT2D eigenvalue weighted by molar-refractivity contribution is 5.90. The normalized spacial score (nSPS) is 16.7. The Balaban J connectivity index is 2.08. The lowest BCUT2D eigenvalue weighted by Gasteiger charge is -2.22. The van der Waals surface area contributed by atoms with E-state index in [0.717, 1.165) is 0 Å². The third kappa shape index (κ3) is 2.20.